The van der Waals surface area contributed by atoms with Crippen LogP contribution in [0.4, 0.5) is 0 Å². The normalized spacial score (nSPS) is 17.8. The molecule has 1 N–H and O–H groups in total. The molecule has 0 spiro atoms. The summed E-state index contributed by atoms with van der Waals surface area (Å²) in [5, 5.41) is 15.4. The summed E-state index contributed by atoms with van der Waals surface area (Å²) in [4.78, 5) is 15.1. The lowest BCUT2D eigenvalue weighted by atomic mass is 9.84. The van der Waals surface area contributed by atoms with Crippen LogP contribution in [0.3, 0.4) is 0 Å². The van der Waals surface area contributed by atoms with E-state index in [1.807, 2.05) is 32.4 Å². The molecule has 0 bridgehead atoms. The van der Waals surface area contributed by atoms with Gasteiger partial charge in [-0.1, -0.05) is 47.5 Å². The number of benzene rings is 2. The lowest BCUT2D eigenvalue weighted by Crippen LogP contribution is -2.49. The maximum atomic E-state index is 13.3. The molecule has 1 aliphatic heterocycles. The van der Waals surface area contributed by atoms with E-state index in [-0.39, 0.29) is 55.0 Å². The maximum Gasteiger partial charge on any atom is 0.227 e. The third kappa shape index (κ3) is 4.62. The van der Waals surface area contributed by atoms with Crippen molar-refractivity contribution in [2.45, 2.75) is 31.8 Å². The first kappa shape index (κ1) is 24.0. The number of aliphatic hydroxyl groups excluding tert-OH is 1. The van der Waals surface area contributed by atoms with Crippen molar-refractivity contribution in [3.05, 3.63) is 75.5 Å². The first-order valence-corrected chi connectivity index (χ1v) is 10.6. The quantitative estimate of drug-likeness (QED) is 0.445. The van der Waals surface area contributed by atoms with Gasteiger partial charge in [-0.25, -0.2) is 0 Å². The third-order valence-electron chi connectivity index (χ3n) is 5.82. The molecule has 4 rings (SSSR count). The number of amides is 1. The van der Waals surface area contributed by atoms with Gasteiger partial charge in [0.2, 0.25) is 5.91 Å². The van der Waals surface area contributed by atoms with Crippen molar-refractivity contribution in [1.29, 1.82) is 0 Å². The van der Waals surface area contributed by atoms with Gasteiger partial charge in [-0.2, -0.15) is 5.10 Å². The van der Waals surface area contributed by atoms with E-state index in [9.17, 15) is 9.90 Å². The molecule has 2 aromatic carbocycles. The number of carbonyl (C=O) groups is 1. The van der Waals surface area contributed by atoms with Gasteiger partial charge in [0, 0.05) is 28.9 Å². The second kappa shape index (κ2) is 9.90. The standard InChI is InChI=1S/C23H23Cl2N3O2.HI/c1-14-17-5-3-6-18(15-11-26-27(2)12-15)19(17)9-16(13-29)28(14)23(30)10-20-21(24)7-4-8-22(20)25;/h3-8,11-12,14,16,29H,9-10,13H2,1-2H3;1H/t14-,16+;/m0./s1. The van der Waals surface area contributed by atoms with Crippen LogP contribution in [-0.4, -0.2) is 38.3 Å². The van der Waals surface area contributed by atoms with Gasteiger partial charge in [-0.3, -0.25) is 9.48 Å². The number of nitrogens with zero attached hydrogens (tertiary/aromatic N) is 3. The van der Waals surface area contributed by atoms with Gasteiger partial charge in [-0.05, 0) is 47.7 Å². The van der Waals surface area contributed by atoms with E-state index < -0.39 is 0 Å². The smallest absolute Gasteiger partial charge is 0.227 e. The minimum atomic E-state index is -0.320. The number of carbonyl (C=O) groups excluding carboxylic acids is 1. The third-order valence-corrected chi connectivity index (χ3v) is 6.53. The number of rotatable bonds is 4. The zero-order chi connectivity index (χ0) is 21.4. The van der Waals surface area contributed by atoms with Crippen molar-refractivity contribution >= 4 is 53.1 Å². The summed E-state index contributed by atoms with van der Waals surface area (Å²) in [5.41, 5.74) is 4.97. The first-order chi connectivity index (χ1) is 14.4. The molecular weight excluding hydrogens is 548 g/mol. The largest absolute Gasteiger partial charge is 0.394 e. The second-order valence-electron chi connectivity index (χ2n) is 7.67. The van der Waals surface area contributed by atoms with Crippen LogP contribution in [0.5, 0.6) is 0 Å². The number of hydrogen-bond donors (Lipinski definition) is 1. The number of hydrogen-bond acceptors (Lipinski definition) is 3. The molecule has 0 fully saturated rings. The highest BCUT2D eigenvalue weighted by molar-refractivity contribution is 14.0. The zero-order valence-corrected chi connectivity index (χ0v) is 21.1. The molecule has 3 aromatic rings. The molecule has 2 heterocycles. The Kier molecular flexibility index (Phi) is 7.68. The van der Waals surface area contributed by atoms with E-state index in [1.54, 1.807) is 27.8 Å². The molecule has 164 valence electrons. The van der Waals surface area contributed by atoms with Crippen LogP contribution < -0.4 is 0 Å². The number of aryl methyl sites for hydroxylation is 1. The fourth-order valence-corrected chi connectivity index (χ4v) is 4.90. The van der Waals surface area contributed by atoms with Crippen LogP contribution in [0.2, 0.25) is 10.0 Å². The van der Waals surface area contributed by atoms with Crippen molar-refractivity contribution in [2.24, 2.45) is 7.05 Å². The molecule has 1 aliphatic rings. The van der Waals surface area contributed by atoms with E-state index >= 15 is 0 Å². The lowest BCUT2D eigenvalue weighted by molar-refractivity contribution is -0.137. The summed E-state index contributed by atoms with van der Waals surface area (Å²) in [5.74, 6) is -0.103. The molecule has 31 heavy (non-hydrogen) atoms. The minimum Gasteiger partial charge on any atom is -0.394 e. The molecule has 0 saturated heterocycles. The Balaban J connectivity index is 0.00000272. The summed E-state index contributed by atoms with van der Waals surface area (Å²) in [7, 11) is 1.89. The van der Waals surface area contributed by atoms with Crippen molar-refractivity contribution in [1.82, 2.24) is 14.7 Å². The molecule has 8 heteroatoms. The van der Waals surface area contributed by atoms with Crippen LogP contribution in [-0.2, 0) is 24.7 Å². The Morgan fingerprint density at radius 3 is 2.48 bits per heavy atom. The van der Waals surface area contributed by atoms with Crippen LogP contribution >= 0.6 is 47.2 Å². The number of aliphatic hydroxyl groups is 1. The Morgan fingerprint density at radius 2 is 1.87 bits per heavy atom. The Bertz CT molecular complexity index is 1080. The molecule has 1 amide bonds. The predicted molar refractivity (Wildman–Crippen MR) is 134 cm³/mol. The van der Waals surface area contributed by atoms with E-state index in [4.69, 9.17) is 23.2 Å². The first-order valence-electron chi connectivity index (χ1n) is 9.86. The summed E-state index contributed by atoms with van der Waals surface area (Å²) in [6.07, 6.45) is 4.48. The molecule has 0 saturated carbocycles. The highest BCUT2D eigenvalue weighted by atomic mass is 127. The van der Waals surface area contributed by atoms with Gasteiger partial charge in [0.25, 0.3) is 0 Å². The fourth-order valence-electron chi connectivity index (χ4n) is 4.37. The maximum absolute atomic E-state index is 13.3. The molecular formula is C23H24Cl2IN3O2. The monoisotopic (exact) mass is 571 g/mol. The second-order valence-corrected chi connectivity index (χ2v) is 8.48. The van der Waals surface area contributed by atoms with Crippen molar-refractivity contribution < 1.29 is 9.90 Å². The molecule has 2 atom stereocenters. The molecule has 0 unspecified atom stereocenters. The van der Waals surface area contributed by atoms with E-state index in [1.165, 1.54) is 0 Å². The summed E-state index contributed by atoms with van der Waals surface area (Å²) in [6, 6.07) is 10.8. The van der Waals surface area contributed by atoms with Gasteiger partial charge >= 0.3 is 0 Å². The number of aromatic nitrogens is 2. The number of halogens is 3. The molecule has 0 radical (unpaired) electrons. The average molecular weight is 572 g/mol. The van der Waals surface area contributed by atoms with Crippen LogP contribution in [0.15, 0.2) is 48.8 Å². The fraction of sp³-hybridized carbons (Fsp3) is 0.304. The lowest BCUT2D eigenvalue weighted by Gasteiger charge is -2.42. The van der Waals surface area contributed by atoms with E-state index in [2.05, 4.69) is 17.2 Å². The summed E-state index contributed by atoms with van der Waals surface area (Å²) < 4.78 is 1.77. The predicted octanol–water partition coefficient (Wildman–Crippen LogP) is 5.06. The van der Waals surface area contributed by atoms with Crippen molar-refractivity contribution in [3.8, 4) is 11.1 Å². The molecule has 1 aromatic heterocycles. The average Bonchev–Trinajstić information content (AvgIpc) is 3.16. The topological polar surface area (TPSA) is 58.4 Å². The minimum absolute atomic E-state index is 0. The summed E-state index contributed by atoms with van der Waals surface area (Å²) >= 11 is 12.6. The highest BCUT2D eigenvalue weighted by Crippen LogP contribution is 2.39. The highest BCUT2D eigenvalue weighted by Gasteiger charge is 2.36. The molecule has 0 aliphatic carbocycles. The zero-order valence-electron chi connectivity index (χ0n) is 17.3. The van der Waals surface area contributed by atoms with Crippen LogP contribution in [0.1, 0.15) is 29.7 Å². The van der Waals surface area contributed by atoms with Gasteiger partial charge in [-0.15, -0.1) is 24.0 Å². The SMILES string of the molecule is C[C@H]1c2cccc(-c3cnn(C)c3)c2C[C@H](CO)N1C(=O)Cc1c(Cl)cccc1Cl.I. The van der Waals surface area contributed by atoms with Crippen LogP contribution in [0, 0.1) is 0 Å². The Morgan fingerprint density at radius 1 is 1.19 bits per heavy atom. The van der Waals surface area contributed by atoms with Crippen molar-refractivity contribution in [3.63, 3.8) is 0 Å². The van der Waals surface area contributed by atoms with Gasteiger partial charge in [0.15, 0.2) is 0 Å². The Hall–Kier alpha value is -1.61. The van der Waals surface area contributed by atoms with Crippen LogP contribution in [0.25, 0.3) is 11.1 Å². The molecule has 5 nitrogen and oxygen atoms in total. The van der Waals surface area contributed by atoms with E-state index in [0.717, 1.165) is 22.3 Å². The van der Waals surface area contributed by atoms with Crippen molar-refractivity contribution in [2.75, 3.05) is 6.61 Å². The van der Waals surface area contributed by atoms with E-state index in [0.29, 0.717) is 22.0 Å². The van der Waals surface area contributed by atoms with Gasteiger partial charge < -0.3 is 10.0 Å². The Labute approximate surface area is 209 Å². The summed E-state index contributed by atoms with van der Waals surface area (Å²) in [6.45, 7) is 1.88. The number of fused-ring (bicyclic) bond motifs is 1. The van der Waals surface area contributed by atoms with Gasteiger partial charge in [0.05, 0.1) is 31.3 Å². The van der Waals surface area contributed by atoms with Gasteiger partial charge in [0.1, 0.15) is 0 Å².